The Kier molecular flexibility index (Phi) is 2.87. The lowest BCUT2D eigenvalue weighted by Crippen LogP contribution is -2.15. The van der Waals surface area contributed by atoms with Gasteiger partial charge in [0.05, 0.1) is 7.11 Å². The molecule has 0 fully saturated rings. The average Bonchev–Trinajstić information content (AvgIpc) is 2.78. The van der Waals surface area contributed by atoms with Crippen LogP contribution in [0.2, 0.25) is 0 Å². The van der Waals surface area contributed by atoms with E-state index in [0.29, 0.717) is 0 Å². The quantitative estimate of drug-likeness (QED) is 0.822. The molecule has 1 atom stereocenters. The molecule has 0 spiro atoms. The van der Waals surface area contributed by atoms with Gasteiger partial charge in [-0.15, -0.1) is 0 Å². The molecule has 1 aromatic rings. The first-order valence-corrected chi connectivity index (χ1v) is 4.95. The van der Waals surface area contributed by atoms with E-state index >= 15 is 0 Å². The van der Waals surface area contributed by atoms with Crippen molar-refractivity contribution in [2.45, 2.75) is 19.6 Å². The molecule has 1 unspecified atom stereocenters. The van der Waals surface area contributed by atoms with Crippen molar-refractivity contribution in [1.82, 2.24) is 5.48 Å². The normalized spacial score (nSPS) is 19.6. The van der Waals surface area contributed by atoms with Gasteiger partial charge in [0.1, 0.15) is 11.6 Å². The molecule has 1 heterocycles. The molecule has 4 heteroatoms. The summed E-state index contributed by atoms with van der Waals surface area (Å²) in [6, 6.07) is 7.71. The maximum Gasteiger partial charge on any atom is 0.202 e. The molecule has 0 saturated heterocycles. The Morgan fingerprint density at radius 2 is 2.13 bits per heavy atom. The number of hydroxylamine groups is 1. The number of rotatable bonds is 3. The van der Waals surface area contributed by atoms with E-state index in [1.54, 1.807) is 7.11 Å². The van der Waals surface area contributed by atoms with Crippen LogP contribution in [0.1, 0.15) is 25.1 Å². The number of aliphatic imine (C=N–C) groups is 1. The molecule has 1 aliphatic heterocycles. The number of hydrogen-bond donors (Lipinski definition) is 1. The van der Waals surface area contributed by atoms with Crippen LogP contribution in [0.25, 0.3) is 0 Å². The molecule has 1 aromatic carbocycles. The molecule has 0 aromatic heterocycles. The summed E-state index contributed by atoms with van der Waals surface area (Å²) in [7, 11) is 1.65. The number of nitrogens with zero attached hydrogens (tertiary/aromatic N) is 1. The molecule has 0 aliphatic carbocycles. The Balaban J connectivity index is 2.13. The van der Waals surface area contributed by atoms with Crippen molar-refractivity contribution >= 4 is 5.84 Å². The number of methoxy groups -OCH3 is 1. The van der Waals surface area contributed by atoms with Gasteiger partial charge in [-0.2, -0.15) is 0 Å². The highest BCUT2D eigenvalue weighted by Gasteiger charge is 2.18. The van der Waals surface area contributed by atoms with E-state index < -0.39 is 0 Å². The fourth-order valence-electron chi connectivity index (χ4n) is 1.39. The van der Waals surface area contributed by atoms with Crippen LogP contribution in [0.3, 0.4) is 0 Å². The lowest BCUT2D eigenvalue weighted by Gasteiger charge is -2.06. The van der Waals surface area contributed by atoms with Crippen molar-refractivity contribution in [2.75, 3.05) is 7.11 Å². The second-order valence-corrected chi connectivity index (χ2v) is 3.27. The monoisotopic (exact) mass is 206 g/mol. The van der Waals surface area contributed by atoms with Gasteiger partial charge in [0.2, 0.25) is 6.23 Å². The van der Waals surface area contributed by atoms with Crippen LogP contribution in [0.4, 0.5) is 0 Å². The number of ether oxygens (including phenoxy) is 1. The van der Waals surface area contributed by atoms with Crippen LogP contribution in [0, 0.1) is 0 Å². The first-order chi connectivity index (χ1) is 7.33. The van der Waals surface area contributed by atoms with Gasteiger partial charge < -0.3 is 4.74 Å². The highest BCUT2D eigenvalue weighted by atomic mass is 16.7. The van der Waals surface area contributed by atoms with Crippen LogP contribution in [-0.2, 0) is 4.84 Å². The highest BCUT2D eigenvalue weighted by molar-refractivity contribution is 5.82. The lowest BCUT2D eigenvalue weighted by molar-refractivity contribution is 0.0371. The second-order valence-electron chi connectivity index (χ2n) is 3.27. The zero-order valence-corrected chi connectivity index (χ0v) is 8.86. The van der Waals surface area contributed by atoms with E-state index in [9.17, 15) is 0 Å². The predicted molar refractivity (Wildman–Crippen MR) is 57.7 cm³/mol. The van der Waals surface area contributed by atoms with Crippen molar-refractivity contribution in [3.05, 3.63) is 29.8 Å². The largest absolute Gasteiger partial charge is 0.497 e. The summed E-state index contributed by atoms with van der Waals surface area (Å²) in [6.45, 7) is 2.03. The Morgan fingerprint density at radius 3 is 2.67 bits per heavy atom. The lowest BCUT2D eigenvalue weighted by atomic mass is 10.2. The molecule has 1 N–H and O–H groups in total. The Labute approximate surface area is 88.9 Å². The van der Waals surface area contributed by atoms with Crippen LogP contribution >= 0.6 is 0 Å². The smallest absolute Gasteiger partial charge is 0.202 e. The summed E-state index contributed by atoms with van der Waals surface area (Å²) in [4.78, 5) is 9.70. The third-order valence-electron chi connectivity index (χ3n) is 2.30. The average molecular weight is 206 g/mol. The minimum absolute atomic E-state index is 0.231. The molecule has 1 aliphatic rings. The maximum absolute atomic E-state index is 5.32. The number of benzene rings is 1. The van der Waals surface area contributed by atoms with Crippen molar-refractivity contribution in [3.63, 3.8) is 0 Å². The van der Waals surface area contributed by atoms with Gasteiger partial charge >= 0.3 is 0 Å². The molecule has 4 nitrogen and oxygen atoms in total. The zero-order chi connectivity index (χ0) is 10.7. The Hall–Kier alpha value is -1.55. The summed E-state index contributed by atoms with van der Waals surface area (Å²) in [5, 5.41) is 0. The third-order valence-corrected chi connectivity index (χ3v) is 2.30. The molecule has 0 radical (unpaired) electrons. The molecule has 2 rings (SSSR count). The van der Waals surface area contributed by atoms with E-state index in [-0.39, 0.29) is 6.23 Å². The minimum atomic E-state index is -0.231. The van der Waals surface area contributed by atoms with Crippen LogP contribution < -0.4 is 10.2 Å². The van der Waals surface area contributed by atoms with E-state index in [0.717, 1.165) is 23.6 Å². The van der Waals surface area contributed by atoms with Gasteiger partial charge in [-0.1, -0.05) is 19.1 Å². The fraction of sp³-hybridized carbons (Fsp3) is 0.364. The summed E-state index contributed by atoms with van der Waals surface area (Å²) in [5.41, 5.74) is 3.82. The molecule has 80 valence electrons. The summed E-state index contributed by atoms with van der Waals surface area (Å²) in [6.07, 6.45) is 0.623. The molecule has 15 heavy (non-hydrogen) atoms. The SMILES string of the molecule is CCC1=NC(c2ccc(OC)cc2)ON1. The minimum Gasteiger partial charge on any atom is -0.497 e. The highest BCUT2D eigenvalue weighted by Crippen LogP contribution is 2.23. The van der Waals surface area contributed by atoms with Crippen LogP contribution in [0.5, 0.6) is 5.75 Å². The summed E-state index contributed by atoms with van der Waals surface area (Å²) < 4.78 is 5.08. The van der Waals surface area contributed by atoms with Gasteiger partial charge in [-0.3, -0.25) is 5.48 Å². The molecule has 0 saturated carbocycles. The molecule has 0 bridgehead atoms. The maximum atomic E-state index is 5.32. The fourth-order valence-corrected chi connectivity index (χ4v) is 1.39. The zero-order valence-electron chi connectivity index (χ0n) is 8.86. The van der Waals surface area contributed by atoms with E-state index in [1.165, 1.54) is 0 Å². The van der Waals surface area contributed by atoms with Gasteiger partial charge in [-0.25, -0.2) is 9.83 Å². The molecular weight excluding hydrogens is 192 g/mol. The van der Waals surface area contributed by atoms with Crippen LogP contribution in [0.15, 0.2) is 29.3 Å². The van der Waals surface area contributed by atoms with Gasteiger partial charge in [0, 0.05) is 12.0 Å². The van der Waals surface area contributed by atoms with E-state index in [1.807, 2.05) is 31.2 Å². The standard InChI is InChI=1S/C11H14N2O2/c1-3-10-12-11(15-13-10)8-4-6-9(14-2)7-5-8/h4-7,11H,3H2,1-2H3,(H,12,13). The summed E-state index contributed by atoms with van der Waals surface area (Å²) in [5.74, 6) is 1.72. The third kappa shape index (κ3) is 2.10. The Morgan fingerprint density at radius 1 is 1.40 bits per heavy atom. The van der Waals surface area contributed by atoms with Crippen molar-refractivity contribution < 1.29 is 9.57 Å². The van der Waals surface area contributed by atoms with Crippen LogP contribution in [-0.4, -0.2) is 12.9 Å². The predicted octanol–water partition coefficient (Wildman–Crippen LogP) is 2.04. The second kappa shape index (κ2) is 4.31. The molecule has 0 amide bonds. The first-order valence-electron chi connectivity index (χ1n) is 4.95. The van der Waals surface area contributed by atoms with E-state index in [4.69, 9.17) is 9.57 Å². The van der Waals surface area contributed by atoms with Crippen molar-refractivity contribution in [3.8, 4) is 5.75 Å². The van der Waals surface area contributed by atoms with Gasteiger partial charge in [-0.05, 0) is 12.1 Å². The summed E-state index contributed by atoms with van der Waals surface area (Å²) >= 11 is 0. The number of amidine groups is 1. The van der Waals surface area contributed by atoms with Gasteiger partial charge in [0.15, 0.2) is 0 Å². The van der Waals surface area contributed by atoms with Crippen molar-refractivity contribution in [1.29, 1.82) is 0 Å². The van der Waals surface area contributed by atoms with Gasteiger partial charge in [0.25, 0.3) is 0 Å². The molecular formula is C11H14N2O2. The van der Waals surface area contributed by atoms with E-state index in [2.05, 4.69) is 10.5 Å². The number of nitrogens with one attached hydrogen (secondary N) is 1. The first kappa shape index (κ1) is 9.98. The Bertz CT molecular complexity index is 359. The van der Waals surface area contributed by atoms with Crippen molar-refractivity contribution in [2.24, 2.45) is 4.99 Å². The number of hydrogen-bond acceptors (Lipinski definition) is 4. The topological polar surface area (TPSA) is 42.9 Å².